The van der Waals surface area contributed by atoms with Gasteiger partial charge in [0.25, 0.3) is 5.91 Å². The molecule has 7 nitrogen and oxygen atoms in total. The minimum Gasteiger partial charge on any atom is -0.496 e. The normalized spacial score (nSPS) is 16.1. The summed E-state index contributed by atoms with van der Waals surface area (Å²) in [7, 11) is 1.59. The Hall–Kier alpha value is -2.93. The second-order valence-corrected chi connectivity index (χ2v) is 6.35. The number of carboxylic acids is 1. The van der Waals surface area contributed by atoms with E-state index in [1.54, 1.807) is 12.0 Å². The molecule has 1 N–H and O–H groups in total. The summed E-state index contributed by atoms with van der Waals surface area (Å²) in [6, 6.07) is 11.9. The molecule has 1 fully saturated rings. The van der Waals surface area contributed by atoms with Crippen LogP contribution in [0.5, 0.6) is 5.75 Å². The number of aromatic carboxylic acids is 1. The van der Waals surface area contributed by atoms with Gasteiger partial charge < -0.3 is 19.5 Å². The van der Waals surface area contributed by atoms with E-state index in [1.165, 1.54) is 18.2 Å². The van der Waals surface area contributed by atoms with Crippen molar-refractivity contribution < 1.29 is 24.2 Å². The summed E-state index contributed by atoms with van der Waals surface area (Å²) < 4.78 is 11.1. The van der Waals surface area contributed by atoms with Crippen LogP contribution in [0.2, 0.25) is 0 Å². The van der Waals surface area contributed by atoms with Crippen molar-refractivity contribution in [2.75, 3.05) is 20.3 Å². The average molecular weight is 370 g/mol. The minimum absolute atomic E-state index is 0.0358. The predicted molar refractivity (Wildman–Crippen MR) is 97.9 cm³/mol. The van der Waals surface area contributed by atoms with Crippen LogP contribution < -0.4 is 4.74 Å². The molecule has 142 valence electrons. The molecule has 0 bridgehead atoms. The molecule has 0 saturated carbocycles. The zero-order valence-electron chi connectivity index (χ0n) is 15.1. The zero-order chi connectivity index (χ0) is 19.2. The highest BCUT2D eigenvalue weighted by Crippen LogP contribution is 2.22. The molecule has 0 spiro atoms. The zero-order valence-corrected chi connectivity index (χ0v) is 15.1. The Morgan fingerprint density at radius 1 is 1.22 bits per heavy atom. The van der Waals surface area contributed by atoms with Crippen molar-refractivity contribution in [3.63, 3.8) is 0 Å². The van der Waals surface area contributed by atoms with Crippen molar-refractivity contribution in [1.82, 2.24) is 9.88 Å². The predicted octanol–water partition coefficient (Wildman–Crippen LogP) is 2.61. The molecule has 1 aromatic carbocycles. The molecule has 1 aliphatic heterocycles. The monoisotopic (exact) mass is 370 g/mol. The van der Waals surface area contributed by atoms with Crippen LogP contribution in [0.1, 0.15) is 39.4 Å². The van der Waals surface area contributed by atoms with E-state index in [-0.39, 0.29) is 23.4 Å². The summed E-state index contributed by atoms with van der Waals surface area (Å²) in [5.41, 5.74) is 0.804. The van der Waals surface area contributed by atoms with Crippen molar-refractivity contribution in [2.24, 2.45) is 0 Å². The number of carboxylic acid groups (broad SMARTS) is 1. The molecule has 1 atom stereocenters. The Kier molecular flexibility index (Phi) is 6.03. The van der Waals surface area contributed by atoms with Crippen molar-refractivity contribution in [2.45, 2.75) is 25.5 Å². The quantitative estimate of drug-likeness (QED) is 0.806. The van der Waals surface area contributed by atoms with Gasteiger partial charge in [0.1, 0.15) is 17.1 Å². The van der Waals surface area contributed by atoms with Gasteiger partial charge in [-0.15, -0.1) is 0 Å². The third kappa shape index (κ3) is 4.62. The molecule has 2 heterocycles. The first-order chi connectivity index (χ1) is 13.1. The van der Waals surface area contributed by atoms with Gasteiger partial charge in [-0.25, -0.2) is 9.78 Å². The van der Waals surface area contributed by atoms with Crippen molar-refractivity contribution in [1.29, 1.82) is 0 Å². The smallest absolute Gasteiger partial charge is 0.354 e. The summed E-state index contributed by atoms with van der Waals surface area (Å²) in [5, 5.41) is 9.14. The Bertz CT molecular complexity index is 818. The van der Waals surface area contributed by atoms with E-state index in [2.05, 4.69) is 4.98 Å². The number of carbonyl (C=O) groups is 2. The Labute approximate surface area is 157 Å². The van der Waals surface area contributed by atoms with Crippen LogP contribution in [0.15, 0.2) is 42.5 Å². The fourth-order valence-corrected chi connectivity index (χ4v) is 3.13. The molecule has 27 heavy (non-hydrogen) atoms. The summed E-state index contributed by atoms with van der Waals surface area (Å²) >= 11 is 0. The number of carbonyl (C=O) groups excluding carboxylic acids is 1. The van der Waals surface area contributed by atoms with Crippen LogP contribution in [0.25, 0.3) is 0 Å². The highest BCUT2D eigenvalue weighted by Gasteiger charge is 2.25. The van der Waals surface area contributed by atoms with Gasteiger partial charge in [0, 0.05) is 25.3 Å². The van der Waals surface area contributed by atoms with Gasteiger partial charge in [-0.05, 0) is 31.0 Å². The van der Waals surface area contributed by atoms with E-state index in [9.17, 15) is 9.59 Å². The molecule has 3 rings (SSSR count). The molecular weight excluding hydrogens is 348 g/mol. The fourth-order valence-electron chi connectivity index (χ4n) is 3.13. The number of nitrogens with zero attached hydrogens (tertiary/aromatic N) is 2. The first-order valence-corrected chi connectivity index (χ1v) is 8.81. The summed E-state index contributed by atoms with van der Waals surface area (Å²) in [5.74, 6) is -0.811. The number of hydrogen-bond acceptors (Lipinski definition) is 5. The molecule has 1 saturated heterocycles. The Balaban J connectivity index is 1.87. The van der Waals surface area contributed by atoms with Crippen LogP contribution in [0, 0.1) is 0 Å². The number of pyridine rings is 1. The standard InChI is InChI=1S/C20H22N2O5/c1-26-18-10-3-2-6-14(18)12-22(13-15-7-5-11-27-15)19(23)16-8-4-9-17(21-16)20(24)25/h2-4,6,8-10,15H,5,7,11-13H2,1H3,(H,24,25). The SMILES string of the molecule is COc1ccccc1CN(CC1CCCO1)C(=O)c1cccc(C(=O)O)n1. The third-order valence-corrected chi connectivity index (χ3v) is 4.48. The highest BCUT2D eigenvalue weighted by atomic mass is 16.5. The third-order valence-electron chi connectivity index (χ3n) is 4.48. The van der Waals surface area contributed by atoms with Crippen molar-refractivity contribution in [3.8, 4) is 5.75 Å². The Morgan fingerprint density at radius 2 is 2.00 bits per heavy atom. The van der Waals surface area contributed by atoms with E-state index in [4.69, 9.17) is 14.6 Å². The topological polar surface area (TPSA) is 89.0 Å². The molecule has 2 aromatic rings. The summed E-state index contributed by atoms with van der Waals surface area (Å²) in [6.45, 7) is 1.42. The minimum atomic E-state index is -1.17. The first kappa shape index (κ1) is 18.8. The number of para-hydroxylation sites is 1. The summed E-state index contributed by atoms with van der Waals surface area (Å²) in [6.07, 6.45) is 1.82. The van der Waals surface area contributed by atoms with E-state index < -0.39 is 5.97 Å². The maximum absolute atomic E-state index is 13.1. The molecule has 0 aliphatic carbocycles. The summed E-state index contributed by atoms with van der Waals surface area (Å²) in [4.78, 5) is 29.9. The number of amides is 1. The van der Waals surface area contributed by atoms with Gasteiger partial charge in [-0.2, -0.15) is 0 Å². The van der Waals surface area contributed by atoms with Crippen LogP contribution >= 0.6 is 0 Å². The molecule has 1 amide bonds. The molecule has 1 aromatic heterocycles. The van der Waals surface area contributed by atoms with Gasteiger partial charge in [0.15, 0.2) is 0 Å². The largest absolute Gasteiger partial charge is 0.496 e. The van der Waals surface area contributed by atoms with Gasteiger partial charge in [-0.3, -0.25) is 4.79 Å². The Morgan fingerprint density at radius 3 is 2.70 bits per heavy atom. The lowest BCUT2D eigenvalue weighted by molar-refractivity contribution is 0.0501. The maximum Gasteiger partial charge on any atom is 0.354 e. The van der Waals surface area contributed by atoms with Crippen molar-refractivity contribution >= 4 is 11.9 Å². The lowest BCUT2D eigenvalue weighted by atomic mass is 10.1. The van der Waals surface area contributed by atoms with Crippen molar-refractivity contribution in [3.05, 3.63) is 59.4 Å². The second kappa shape index (κ2) is 8.64. The highest BCUT2D eigenvalue weighted by molar-refractivity contribution is 5.94. The molecule has 1 aliphatic rings. The van der Waals surface area contributed by atoms with Crippen LogP contribution in [0.4, 0.5) is 0 Å². The molecule has 7 heteroatoms. The number of rotatable bonds is 7. The molecule has 0 radical (unpaired) electrons. The van der Waals surface area contributed by atoms with Crippen LogP contribution in [0.3, 0.4) is 0 Å². The lowest BCUT2D eigenvalue weighted by Crippen LogP contribution is -2.37. The van der Waals surface area contributed by atoms with Gasteiger partial charge in [0.05, 0.1) is 13.2 Å². The number of ether oxygens (including phenoxy) is 2. The number of aromatic nitrogens is 1. The number of methoxy groups -OCH3 is 1. The van der Waals surface area contributed by atoms with Gasteiger partial charge in [0.2, 0.25) is 0 Å². The van der Waals surface area contributed by atoms with Crippen LogP contribution in [-0.2, 0) is 11.3 Å². The second-order valence-electron chi connectivity index (χ2n) is 6.35. The first-order valence-electron chi connectivity index (χ1n) is 8.81. The lowest BCUT2D eigenvalue weighted by Gasteiger charge is -2.26. The number of benzene rings is 1. The molecular formula is C20H22N2O5. The molecule has 1 unspecified atom stereocenters. The van der Waals surface area contributed by atoms with Gasteiger partial charge >= 0.3 is 5.97 Å². The van der Waals surface area contributed by atoms with E-state index in [0.717, 1.165) is 18.4 Å². The van der Waals surface area contributed by atoms with E-state index in [1.807, 2.05) is 24.3 Å². The van der Waals surface area contributed by atoms with E-state index >= 15 is 0 Å². The number of hydrogen-bond donors (Lipinski definition) is 1. The van der Waals surface area contributed by atoms with E-state index in [0.29, 0.717) is 25.4 Å². The average Bonchev–Trinajstić information content (AvgIpc) is 3.20. The van der Waals surface area contributed by atoms with Gasteiger partial charge in [-0.1, -0.05) is 24.3 Å². The maximum atomic E-state index is 13.1. The van der Waals surface area contributed by atoms with Crippen LogP contribution in [-0.4, -0.2) is 53.2 Å². The fraction of sp³-hybridized carbons (Fsp3) is 0.350.